The highest BCUT2D eigenvalue weighted by Crippen LogP contribution is 2.29. The van der Waals surface area contributed by atoms with Crippen molar-refractivity contribution in [3.63, 3.8) is 0 Å². The first-order valence-electron chi connectivity index (χ1n) is 7.46. The van der Waals surface area contributed by atoms with E-state index in [1.165, 1.54) is 5.56 Å². The SMILES string of the molecule is CCCNCc1ccc(N(CC)CCC(=O)O)c(OC)c1. The fourth-order valence-corrected chi connectivity index (χ4v) is 2.18. The first-order chi connectivity index (χ1) is 10.1. The van der Waals surface area contributed by atoms with Gasteiger partial charge in [0.1, 0.15) is 5.75 Å². The predicted octanol–water partition coefficient (Wildman–Crippen LogP) is 2.50. The molecule has 5 nitrogen and oxygen atoms in total. The molecule has 0 bridgehead atoms. The second-order valence-electron chi connectivity index (χ2n) is 4.91. The van der Waals surface area contributed by atoms with Crippen LogP contribution in [0.1, 0.15) is 32.3 Å². The smallest absolute Gasteiger partial charge is 0.305 e. The summed E-state index contributed by atoms with van der Waals surface area (Å²) in [4.78, 5) is 12.8. The van der Waals surface area contributed by atoms with E-state index in [-0.39, 0.29) is 6.42 Å². The second kappa shape index (κ2) is 9.23. The fraction of sp³-hybridized carbons (Fsp3) is 0.562. The summed E-state index contributed by atoms with van der Waals surface area (Å²) in [7, 11) is 1.65. The molecule has 0 aromatic heterocycles. The summed E-state index contributed by atoms with van der Waals surface area (Å²) in [6.07, 6.45) is 1.23. The van der Waals surface area contributed by atoms with Gasteiger partial charge >= 0.3 is 5.97 Å². The van der Waals surface area contributed by atoms with Gasteiger partial charge in [0.25, 0.3) is 0 Å². The van der Waals surface area contributed by atoms with Crippen molar-refractivity contribution in [3.05, 3.63) is 23.8 Å². The summed E-state index contributed by atoms with van der Waals surface area (Å²) in [6.45, 7) is 7.18. The summed E-state index contributed by atoms with van der Waals surface area (Å²) < 4.78 is 5.47. The van der Waals surface area contributed by atoms with E-state index in [0.29, 0.717) is 6.54 Å². The highest BCUT2D eigenvalue weighted by molar-refractivity contribution is 5.68. The van der Waals surface area contributed by atoms with Crippen LogP contribution in [-0.4, -0.2) is 37.8 Å². The molecule has 5 heteroatoms. The molecule has 0 unspecified atom stereocenters. The number of carboxylic acid groups (broad SMARTS) is 1. The third-order valence-corrected chi connectivity index (χ3v) is 3.32. The topological polar surface area (TPSA) is 61.8 Å². The number of carbonyl (C=O) groups is 1. The quantitative estimate of drug-likeness (QED) is 0.649. The Bertz CT molecular complexity index is 449. The third kappa shape index (κ3) is 5.63. The lowest BCUT2D eigenvalue weighted by atomic mass is 10.1. The van der Waals surface area contributed by atoms with Crippen LogP contribution < -0.4 is 15.0 Å². The first kappa shape index (κ1) is 17.3. The van der Waals surface area contributed by atoms with Gasteiger partial charge in [0.15, 0.2) is 0 Å². The summed E-state index contributed by atoms with van der Waals surface area (Å²) in [5.41, 5.74) is 2.11. The van der Waals surface area contributed by atoms with Gasteiger partial charge in [0, 0.05) is 19.6 Å². The van der Waals surface area contributed by atoms with Crippen LogP contribution in [0.2, 0.25) is 0 Å². The van der Waals surface area contributed by atoms with Gasteiger partial charge in [-0.05, 0) is 37.6 Å². The van der Waals surface area contributed by atoms with E-state index < -0.39 is 5.97 Å². The number of benzene rings is 1. The molecule has 0 atom stereocenters. The average molecular weight is 294 g/mol. The van der Waals surface area contributed by atoms with Crippen LogP contribution >= 0.6 is 0 Å². The van der Waals surface area contributed by atoms with Crippen LogP contribution in [0.15, 0.2) is 18.2 Å². The van der Waals surface area contributed by atoms with E-state index in [1.807, 2.05) is 24.0 Å². The Labute approximate surface area is 126 Å². The Hall–Kier alpha value is -1.75. The lowest BCUT2D eigenvalue weighted by Crippen LogP contribution is -2.26. The summed E-state index contributed by atoms with van der Waals surface area (Å²) in [6, 6.07) is 6.08. The van der Waals surface area contributed by atoms with Crippen molar-refractivity contribution in [2.75, 3.05) is 31.6 Å². The molecule has 1 rings (SSSR count). The number of aliphatic carboxylic acids is 1. The number of hydrogen-bond donors (Lipinski definition) is 2. The Kier molecular flexibility index (Phi) is 7.61. The van der Waals surface area contributed by atoms with Crippen LogP contribution in [0.5, 0.6) is 5.75 Å². The molecule has 1 aromatic carbocycles. The third-order valence-electron chi connectivity index (χ3n) is 3.32. The number of hydrogen-bond acceptors (Lipinski definition) is 4. The molecule has 0 fully saturated rings. The predicted molar refractivity (Wildman–Crippen MR) is 85.1 cm³/mol. The lowest BCUT2D eigenvalue weighted by Gasteiger charge is -2.25. The van der Waals surface area contributed by atoms with Crippen LogP contribution in [0.3, 0.4) is 0 Å². The van der Waals surface area contributed by atoms with Crippen LogP contribution in [0.25, 0.3) is 0 Å². The minimum absolute atomic E-state index is 0.122. The maximum atomic E-state index is 10.7. The molecular weight excluding hydrogens is 268 g/mol. The molecule has 21 heavy (non-hydrogen) atoms. The van der Waals surface area contributed by atoms with E-state index >= 15 is 0 Å². The molecule has 0 spiro atoms. The van der Waals surface area contributed by atoms with E-state index in [4.69, 9.17) is 9.84 Å². The number of rotatable bonds is 10. The minimum atomic E-state index is -0.784. The Morgan fingerprint density at radius 1 is 1.38 bits per heavy atom. The van der Waals surface area contributed by atoms with Crippen molar-refractivity contribution in [1.29, 1.82) is 0 Å². The van der Waals surface area contributed by atoms with Gasteiger partial charge < -0.3 is 20.1 Å². The first-order valence-corrected chi connectivity index (χ1v) is 7.46. The van der Waals surface area contributed by atoms with Crippen molar-refractivity contribution in [3.8, 4) is 5.75 Å². The number of carboxylic acids is 1. The van der Waals surface area contributed by atoms with Gasteiger partial charge in [-0.15, -0.1) is 0 Å². The zero-order valence-corrected chi connectivity index (χ0v) is 13.2. The van der Waals surface area contributed by atoms with Gasteiger partial charge in [-0.25, -0.2) is 0 Å². The summed E-state index contributed by atoms with van der Waals surface area (Å²) in [5.74, 6) is 0.00541. The molecular formula is C16H26N2O3. The molecule has 0 amide bonds. The Balaban J connectivity index is 2.82. The molecule has 0 aliphatic heterocycles. The Morgan fingerprint density at radius 3 is 2.71 bits per heavy atom. The summed E-state index contributed by atoms with van der Waals surface area (Å²) in [5, 5.41) is 12.2. The highest BCUT2D eigenvalue weighted by Gasteiger charge is 2.12. The molecule has 118 valence electrons. The van der Waals surface area contributed by atoms with E-state index in [0.717, 1.165) is 37.5 Å². The van der Waals surface area contributed by atoms with Crippen LogP contribution in [0, 0.1) is 0 Å². The van der Waals surface area contributed by atoms with Crippen molar-refractivity contribution in [1.82, 2.24) is 5.32 Å². The molecule has 2 N–H and O–H groups in total. The van der Waals surface area contributed by atoms with Crippen molar-refractivity contribution >= 4 is 11.7 Å². The fourth-order valence-electron chi connectivity index (χ4n) is 2.18. The largest absolute Gasteiger partial charge is 0.495 e. The average Bonchev–Trinajstić information content (AvgIpc) is 2.48. The van der Waals surface area contributed by atoms with Gasteiger partial charge in [-0.1, -0.05) is 13.0 Å². The highest BCUT2D eigenvalue weighted by atomic mass is 16.5. The zero-order chi connectivity index (χ0) is 15.7. The second-order valence-corrected chi connectivity index (χ2v) is 4.91. The molecule has 1 aromatic rings. The number of methoxy groups -OCH3 is 1. The maximum absolute atomic E-state index is 10.7. The van der Waals surface area contributed by atoms with Gasteiger partial charge in [0.2, 0.25) is 0 Å². The Morgan fingerprint density at radius 2 is 2.14 bits per heavy atom. The molecule has 0 saturated heterocycles. The van der Waals surface area contributed by atoms with E-state index in [1.54, 1.807) is 7.11 Å². The van der Waals surface area contributed by atoms with Crippen LogP contribution in [-0.2, 0) is 11.3 Å². The molecule has 0 radical (unpaired) electrons. The van der Waals surface area contributed by atoms with Crippen molar-refractivity contribution in [2.24, 2.45) is 0 Å². The van der Waals surface area contributed by atoms with E-state index in [2.05, 4.69) is 18.3 Å². The molecule has 0 aliphatic carbocycles. The normalized spacial score (nSPS) is 10.4. The number of nitrogens with zero attached hydrogens (tertiary/aromatic N) is 1. The lowest BCUT2D eigenvalue weighted by molar-refractivity contribution is -0.136. The molecule has 0 saturated carbocycles. The monoisotopic (exact) mass is 294 g/mol. The van der Waals surface area contributed by atoms with E-state index in [9.17, 15) is 4.79 Å². The zero-order valence-electron chi connectivity index (χ0n) is 13.2. The summed E-state index contributed by atoms with van der Waals surface area (Å²) >= 11 is 0. The number of anilines is 1. The van der Waals surface area contributed by atoms with Crippen LogP contribution in [0.4, 0.5) is 5.69 Å². The number of nitrogens with one attached hydrogen (secondary N) is 1. The molecule has 0 heterocycles. The minimum Gasteiger partial charge on any atom is -0.495 e. The number of ether oxygens (including phenoxy) is 1. The maximum Gasteiger partial charge on any atom is 0.305 e. The van der Waals surface area contributed by atoms with Gasteiger partial charge in [-0.2, -0.15) is 0 Å². The van der Waals surface area contributed by atoms with Gasteiger partial charge in [-0.3, -0.25) is 4.79 Å². The molecule has 0 aliphatic rings. The van der Waals surface area contributed by atoms with Crippen molar-refractivity contribution < 1.29 is 14.6 Å². The standard InChI is InChI=1S/C16H26N2O3/c1-4-9-17-12-13-6-7-14(15(11-13)21-3)18(5-2)10-8-16(19)20/h6-7,11,17H,4-5,8-10,12H2,1-3H3,(H,19,20). The van der Waals surface area contributed by atoms with Crippen molar-refractivity contribution in [2.45, 2.75) is 33.2 Å². The van der Waals surface area contributed by atoms with Gasteiger partial charge in [0.05, 0.1) is 19.2 Å².